The molecule has 0 unspecified atom stereocenters. The standard InChI is InChI=1S/C27H24N4O3/c1-18-5-8-23(19(2)13-18)31-27(29-11-3-4-12-29)21-15-30(16-22(21)28-31)26(32)10-7-20-6-9-24-25(14-20)34-17-33-24/h3-14H,15-17H2,1-2H3/b10-7+. The lowest BCUT2D eigenvalue weighted by Crippen LogP contribution is -2.24. The molecule has 2 aliphatic rings. The van der Waals surface area contributed by atoms with Crippen LogP contribution >= 0.6 is 0 Å². The monoisotopic (exact) mass is 452 g/mol. The number of ether oxygens (including phenoxy) is 2. The Morgan fingerprint density at radius 3 is 2.65 bits per heavy atom. The molecule has 0 aliphatic carbocycles. The third kappa shape index (κ3) is 3.46. The summed E-state index contributed by atoms with van der Waals surface area (Å²) in [5.74, 6) is 2.36. The van der Waals surface area contributed by atoms with Crippen molar-refractivity contribution in [3.8, 4) is 23.0 Å². The van der Waals surface area contributed by atoms with Crippen molar-refractivity contribution < 1.29 is 14.3 Å². The van der Waals surface area contributed by atoms with E-state index in [-0.39, 0.29) is 12.7 Å². The van der Waals surface area contributed by atoms with Crippen molar-refractivity contribution in [1.29, 1.82) is 0 Å². The van der Waals surface area contributed by atoms with Gasteiger partial charge in [-0.15, -0.1) is 0 Å². The van der Waals surface area contributed by atoms with Gasteiger partial charge in [0.15, 0.2) is 11.5 Å². The fourth-order valence-corrected chi connectivity index (χ4v) is 4.60. The van der Waals surface area contributed by atoms with Crippen LogP contribution in [0.4, 0.5) is 0 Å². The highest BCUT2D eigenvalue weighted by molar-refractivity contribution is 5.92. The maximum atomic E-state index is 13.0. The number of hydrogen-bond donors (Lipinski definition) is 0. The molecule has 0 fully saturated rings. The van der Waals surface area contributed by atoms with Gasteiger partial charge in [0.25, 0.3) is 0 Å². The van der Waals surface area contributed by atoms with Crippen LogP contribution in [0.5, 0.6) is 11.5 Å². The number of carbonyl (C=O) groups excluding carboxylic acids is 1. The van der Waals surface area contributed by atoms with Gasteiger partial charge in [-0.05, 0) is 61.4 Å². The molecular formula is C27H24N4O3. The number of aryl methyl sites for hydroxylation is 2. The summed E-state index contributed by atoms with van der Waals surface area (Å²) in [6, 6.07) is 16.0. The number of carbonyl (C=O) groups is 1. The number of rotatable bonds is 4. The van der Waals surface area contributed by atoms with Crippen LogP contribution in [0.15, 0.2) is 67.0 Å². The summed E-state index contributed by atoms with van der Waals surface area (Å²) in [5, 5.41) is 4.95. The summed E-state index contributed by atoms with van der Waals surface area (Å²) >= 11 is 0. The fraction of sp³-hybridized carbons (Fsp3) is 0.185. The van der Waals surface area contributed by atoms with Crippen molar-refractivity contribution in [2.45, 2.75) is 26.9 Å². The number of nitrogens with zero attached hydrogens (tertiary/aromatic N) is 4. The Morgan fingerprint density at radius 2 is 1.82 bits per heavy atom. The molecule has 4 heterocycles. The average molecular weight is 453 g/mol. The first-order valence-electron chi connectivity index (χ1n) is 11.3. The first-order valence-corrected chi connectivity index (χ1v) is 11.3. The van der Waals surface area contributed by atoms with Crippen LogP contribution in [0.25, 0.3) is 17.6 Å². The van der Waals surface area contributed by atoms with E-state index in [1.54, 1.807) is 6.08 Å². The van der Waals surface area contributed by atoms with E-state index in [4.69, 9.17) is 14.6 Å². The van der Waals surface area contributed by atoms with Crippen molar-refractivity contribution in [1.82, 2.24) is 19.2 Å². The maximum Gasteiger partial charge on any atom is 0.247 e. The molecule has 0 spiro atoms. The molecule has 6 rings (SSSR count). The first-order chi connectivity index (χ1) is 16.6. The third-order valence-electron chi connectivity index (χ3n) is 6.29. The Hall–Kier alpha value is -4.26. The lowest BCUT2D eigenvalue weighted by atomic mass is 10.1. The van der Waals surface area contributed by atoms with Crippen molar-refractivity contribution in [2.24, 2.45) is 0 Å². The van der Waals surface area contributed by atoms with Gasteiger partial charge in [-0.2, -0.15) is 5.10 Å². The van der Waals surface area contributed by atoms with E-state index >= 15 is 0 Å². The van der Waals surface area contributed by atoms with Crippen LogP contribution in [0, 0.1) is 13.8 Å². The van der Waals surface area contributed by atoms with Gasteiger partial charge in [-0.3, -0.25) is 4.79 Å². The molecule has 0 N–H and O–H groups in total. The van der Waals surface area contributed by atoms with Gasteiger partial charge in [0.2, 0.25) is 12.7 Å². The number of hydrogen-bond acceptors (Lipinski definition) is 4. The molecule has 0 radical (unpaired) electrons. The zero-order chi connectivity index (χ0) is 23.2. The summed E-state index contributed by atoms with van der Waals surface area (Å²) in [7, 11) is 0. The van der Waals surface area contributed by atoms with Gasteiger partial charge < -0.3 is 18.9 Å². The van der Waals surface area contributed by atoms with E-state index in [2.05, 4.69) is 36.6 Å². The lowest BCUT2D eigenvalue weighted by molar-refractivity contribution is -0.126. The van der Waals surface area contributed by atoms with Crippen LogP contribution in [0.2, 0.25) is 0 Å². The quantitative estimate of drug-likeness (QED) is 0.426. The molecule has 0 saturated carbocycles. The second-order valence-electron chi connectivity index (χ2n) is 8.68. The van der Waals surface area contributed by atoms with Crippen molar-refractivity contribution in [3.63, 3.8) is 0 Å². The fourth-order valence-electron chi connectivity index (χ4n) is 4.60. The SMILES string of the molecule is Cc1ccc(-n2nc3c(c2-n2cccc2)CN(C(=O)/C=C/c2ccc4c(c2)OCO4)C3)c(C)c1. The summed E-state index contributed by atoms with van der Waals surface area (Å²) in [4.78, 5) is 14.8. The van der Waals surface area contributed by atoms with E-state index in [9.17, 15) is 4.79 Å². The number of aromatic nitrogens is 3. The van der Waals surface area contributed by atoms with E-state index in [0.29, 0.717) is 18.8 Å². The van der Waals surface area contributed by atoms with Gasteiger partial charge in [0.1, 0.15) is 5.82 Å². The summed E-state index contributed by atoms with van der Waals surface area (Å²) < 4.78 is 14.9. The molecule has 2 aromatic heterocycles. The zero-order valence-electron chi connectivity index (χ0n) is 19.1. The molecule has 1 amide bonds. The Morgan fingerprint density at radius 1 is 1.00 bits per heavy atom. The Balaban J connectivity index is 1.29. The first kappa shape index (κ1) is 20.4. The van der Waals surface area contributed by atoms with Crippen molar-refractivity contribution in [3.05, 3.63) is 94.9 Å². The Bertz CT molecular complexity index is 1430. The lowest BCUT2D eigenvalue weighted by Gasteiger charge is -2.17. The van der Waals surface area contributed by atoms with E-state index in [1.807, 2.05) is 58.4 Å². The molecule has 170 valence electrons. The Kier molecular flexibility index (Phi) is 4.76. The molecular weight excluding hydrogens is 428 g/mol. The highest BCUT2D eigenvalue weighted by atomic mass is 16.7. The molecule has 7 heteroatoms. The smallest absolute Gasteiger partial charge is 0.247 e. The van der Waals surface area contributed by atoms with Crippen LogP contribution in [0.3, 0.4) is 0 Å². The second-order valence-corrected chi connectivity index (χ2v) is 8.68. The maximum absolute atomic E-state index is 13.0. The minimum atomic E-state index is -0.0489. The summed E-state index contributed by atoms with van der Waals surface area (Å²) in [6.45, 7) is 5.41. The van der Waals surface area contributed by atoms with Crippen LogP contribution in [-0.2, 0) is 17.9 Å². The van der Waals surface area contributed by atoms with E-state index in [1.165, 1.54) is 5.56 Å². The van der Waals surface area contributed by atoms with Gasteiger partial charge in [0.05, 0.1) is 24.5 Å². The topological polar surface area (TPSA) is 61.5 Å². The Labute approximate surface area is 197 Å². The van der Waals surface area contributed by atoms with Gasteiger partial charge >= 0.3 is 0 Å². The molecule has 0 atom stereocenters. The zero-order valence-corrected chi connectivity index (χ0v) is 19.1. The molecule has 4 aromatic rings. The third-order valence-corrected chi connectivity index (χ3v) is 6.29. The molecule has 0 saturated heterocycles. The van der Waals surface area contributed by atoms with Crippen LogP contribution < -0.4 is 9.47 Å². The van der Waals surface area contributed by atoms with Crippen molar-refractivity contribution in [2.75, 3.05) is 6.79 Å². The molecule has 2 aromatic carbocycles. The number of benzene rings is 2. The van der Waals surface area contributed by atoms with Crippen LogP contribution in [-0.4, -0.2) is 31.9 Å². The molecule has 2 aliphatic heterocycles. The van der Waals surface area contributed by atoms with E-state index < -0.39 is 0 Å². The highest BCUT2D eigenvalue weighted by Crippen LogP contribution is 2.34. The molecule has 34 heavy (non-hydrogen) atoms. The van der Waals surface area contributed by atoms with Crippen LogP contribution in [0.1, 0.15) is 27.9 Å². The van der Waals surface area contributed by atoms with Gasteiger partial charge in [0, 0.05) is 24.0 Å². The molecule has 0 bridgehead atoms. The highest BCUT2D eigenvalue weighted by Gasteiger charge is 2.31. The number of fused-ring (bicyclic) bond motifs is 2. The second kappa shape index (κ2) is 7.95. The largest absolute Gasteiger partial charge is 0.454 e. The van der Waals surface area contributed by atoms with Gasteiger partial charge in [-0.25, -0.2) is 4.68 Å². The minimum absolute atomic E-state index is 0.0489. The number of amides is 1. The average Bonchev–Trinajstić information content (AvgIpc) is 3.60. The molecule has 7 nitrogen and oxygen atoms in total. The normalized spacial score (nSPS) is 14.2. The van der Waals surface area contributed by atoms with Crippen molar-refractivity contribution >= 4 is 12.0 Å². The predicted octanol–water partition coefficient (Wildman–Crippen LogP) is 4.56. The van der Waals surface area contributed by atoms with E-state index in [0.717, 1.165) is 39.6 Å². The van der Waals surface area contributed by atoms with Gasteiger partial charge in [-0.1, -0.05) is 23.8 Å². The predicted molar refractivity (Wildman–Crippen MR) is 128 cm³/mol. The summed E-state index contributed by atoms with van der Waals surface area (Å²) in [6.07, 6.45) is 7.45. The summed E-state index contributed by atoms with van der Waals surface area (Å²) in [5.41, 5.74) is 6.31. The minimum Gasteiger partial charge on any atom is -0.454 e.